The Morgan fingerprint density at radius 2 is 2.21 bits per heavy atom. The van der Waals surface area contributed by atoms with Crippen molar-refractivity contribution in [3.63, 3.8) is 0 Å². The van der Waals surface area contributed by atoms with Crippen LogP contribution < -0.4 is 20.3 Å². The third-order valence-electron chi connectivity index (χ3n) is 5.24. The summed E-state index contributed by atoms with van der Waals surface area (Å²) in [7, 11) is 3.45. The van der Waals surface area contributed by atoms with E-state index in [9.17, 15) is 4.79 Å². The number of anilines is 2. The van der Waals surface area contributed by atoms with Crippen LogP contribution in [0.1, 0.15) is 22.3 Å². The molecule has 1 saturated heterocycles. The van der Waals surface area contributed by atoms with Crippen LogP contribution in [0.2, 0.25) is 0 Å². The summed E-state index contributed by atoms with van der Waals surface area (Å²) in [6, 6.07) is 7.37. The maximum Gasteiger partial charge on any atom is 0.251 e. The first kappa shape index (κ1) is 18.5. The molecule has 0 radical (unpaired) electrons. The second-order valence-corrected chi connectivity index (χ2v) is 7.02. The summed E-state index contributed by atoms with van der Waals surface area (Å²) in [6.45, 7) is 2.02. The first-order valence-corrected chi connectivity index (χ1v) is 9.53. The normalized spacial score (nSPS) is 21.0. The SMILES string of the molecule is CNc1nccc(N2C[C@H](OC)[C@H](NC(=O)c3ccc4c(c3)CCCO4)C2)n1. The average Bonchev–Trinajstić information content (AvgIpc) is 3.16. The van der Waals surface area contributed by atoms with Crippen LogP contribution in [0.4, 0.5) is 11.8 Å². The molecule has 28 heavy (non-hydrogen) atoms. The van der Waals surface area contributed by atoms with Crippen molar-refractivity contribution >= 4 is 17.7 Å². The number of methoxy groups -OCH3 is 1. The number of carbonyl (C=O) groups excluding carboxylic acids is 1. The summed E-state index contributed by atoms with van der Waals surface area (Å²) in [5, 5.41) is 6.07. The molecule has 2 aliphatic rings. The lowest BCUT2D eigenvalue weighted by atomic mass is 10.0. The average molecular weight is 383 g/mol. The fourth-order valence-electron chi connectivity index (χ4n) is 3.74. The highest BCUT2D eigenvalue weighted by Gasteiger charge is 2.35. The fourth-order valence-corrected chi connectivity index (χ4v) is 3.74. The zero-order valence-electron chi connectivity index (χ0n) is 16.1. The van der Waals surface area contributed by atoms with Gasteiger partial charge in [0.15, 0.2) is 0 Å². The largest absolute Gasteiger partial charge is 0.493 e. The van der Waals surface area contributed by atoms with Crippen LogP contribution >= 0.6 is 0 Å². The second kappa shape index (κ2) is 8.02. The molecule has 148 valence electrons. The van der Waals surface area contributed by atoms with E-state index in [1.54, 1.807) is 20.4 Å². The van der Waals surface area contributed by atoms with Crippen molar-refractivity contribution in [3.05, 3.63) is 41.6 Å². The topological polar surface area (TPSA) is 88.6 Å². The Hall–Kier alpha value is -2.87. The van der Waals surface area contributed by atoms with Crippen molar-refractivity contribution in [3.8, 4) is 5.75 Å². The summed E-state index contributed by atoms with van der Waals surface area (Å²) in [5.74, 6) is 2.16. The summed E-state index contributed by atoms with van der Waals surface area (Å²) in [5.41, 5.74) is 1.74. The van der Waals surface area contributed by atoms with Crippen LogP contribution in [-0.2, 0) is 11.2 Å². The number of ether oxygens (including phenoxy) is 2. The minimum absolute atomic E-state index is 0.0964. The van der Waals surface area contributed by atoms with Crippen LogP contribution in [-0.4, -0.2) is 61.9 Å². The van der Waals surface area contributed by atoms with Gasteiger partial charge in [0.1, 0.15) is 11.6 Å². The monoisotopic (exact) mass is 383 g/mol. The van der Waals surface area contributed by atoms with E-state index in [4.69, 9.17) is 9.47 Å². The molecule has 2 aliphatic heterocycles. The van der Waals surface area contributed by atoms with Crippen molar-refractivity contribution in [1.29, 1.82) is 0 Å². The summed E-state index contributed by atoms with van der Waals surface area (Å²) in [6.07, 6.45) is 3.53. The van der Waals surface area contributed by atoms with Crippen LogP contribution in [0.3, 0.4) is 0 Å². The summed E-state index contributed by atoms with van der Waals surface area (Å²) < 4.78 is 11.3. The van der Waals surface area contributed by atoms with Crippen molar-refractivity contribution in [2.24, 2.45) is 0 Å². The van der Waals surface area contributed by atoms with Gasteiger partial charge in [-0.2, -0.15) is 4.98 Å². The molecule has 2 N–H and O–H groups in total. The highest BCUT2D eigenvalue weighted by molar-refractivity contribution is 5.95. The maximum absolute atomic E-state index is 12.8. The third-order valence-corrected chi connectivity index (χ3v) is 5.24. The Balaban J connectivity index is 1.46. The highest BCUT2D eigenvalue weighted by atomic mass is 16.5. The molecule has 0 spiro atoms. The minimum Gasteiger partial charge on any atom is -0.493 e. The van der Waals surface area contributed by atoms with Gasteiger partial charge in [-0.05, 0) is 42.7 Å². The fraction of sp³-hybridized carbons (Fsp3) is 0.450. The van der Waals surface area contributed by atoms with Crippen molar-refractivity contribution < 1.29 is 14.3 Å². The highest BCUT2D eigenvalue weighted by Crippen LogP contribution is 2.26. The Labute approximate surface area is 164 Å². The number of fused-ring (bicyclic) bond motifs is 1. The van der Waals surface area contributed by atoms with Gasteiger partial charge in [0.05, 0.1) is 18.8 Å². The quantitative estimate of drug-likeness (QED) is 0.808. The van der Waals surface area contributed by atoms with Crippen molar-refractivity contribution in [2.75, 3.05) is 44.1 Å². The van der Waals surface area contributed by atoms with Gasteiger partial charge in [-0.15, -0.1) is 0 Å². The summed E-state index contributed by atoms with van der Waals surface area (Å²) in [4.78, 5) is 23.6. The van der Waals surface area contributed by atoms with Gasteiger partial charge < -0.3 is 25.0 Å². The van der Waals surface area contributed by atoms with Crippen LogP contribution in [0.15, 0.2) is 30.5 Å². The molecule has 1 amide bonds. The lowest BCUT2D eigenvalue weighted by molar-refractivity contribution is 0.0781. The van der Waals surface area contributed by atoms with Gasteiger partial charge in [0.25, 0.3) is 5.91 Å². The number of rotatable bonds is 5. The molecule has 1 aromatic heterocycles. The predicted molar refractivity (Wildman–Crippen MR) is 106 cm³/mol. The maximum atomic E-state index is 12.8. The molecule has 0 bridgehead atoms. The molecule has 1 aromatic carbocycles. The Morgan fingerprint density at radius 3 is 3.04 bits per heavy atom. The van der Waals surface area contributed by atoms with E-state index in [1.807, 2.05) is 24.3 Å². The van der Waals surface area contributed by atoms with E-state index in [-0.39, 0.29) is 18.1 Å². The number of nitrogens with one attached hydrogen (secondary N) is 2. The molecule has 3 heterocycles. The molecule has 8 nitrogen and oxygen atoms in total. The predicted octanol–water partition coefficient (Wildman–Crippen LogP) is 1.48. The second-order valence-electron chi connectivity index (χ2n) is 7.02. The van der Waals surface area contributed by atoms with E-state index >= 15 is 0 Å². The van der Waals surface area contributed by atoms with Gasteiger partial charge in [-0.1, -0.05) is 0 Å². The van der Waals surface area contributed by atoms with Crippen molar-refractivity contribution in [2.45, 2.75) is 25.0 Å². The number of nitrogens with zero attached hydrogens (tertiary/aromatic N) is 3. The number of hydrogen-bond acceptors (Lipinski definition) is 7. The Morgan fingerprint density at radius 1 is 1.32 bits per heavy atom. The molecular weight excluding hydrogens is 358 g/mol. The van der Waals surface area contributed by atoms with E-state index in [0.717, 1.165) is 36.6 Å². The zero-order valence-corrected chi connectivity index (χ0v) is 16.1. The van der Waals surface area contributed by atoms with Crippen LogP contribution in [0.25, 0.3) is 0 Å². The van der Waals surface area contributed by atoms with Gasteiger partial charge in [0, 0.05) is 39.0 Å². The van der Waals surface area contributed by atoms with E-state index in [2.05, 4.69) is 25.5 Å². The van der Waals surface area contributed by atoms with Crippen LogP contribution in [0.5, 0.6) is 5.75 Å². The smallest absolute Gasteiger partial charge is 0.251 e. The number of aryl methyl sites for hydroxylation is 1. The number of aromatic nitrogens is 2. The first-order valence-electron chi connectivity index (χ1n) is 9.53. The molecule has 0 aliphatic carbocycles. The Kier molecular flexibility index (Phi) is 5.29. The van der Waals surface area contributed by atoms with Gasteiger partial charge in [-0.25, -0.2) is 4.98 Å². The molecule has 2 atom stereocenters. The van der Waals surface area contributed by atoms with Crippen molar-refractivity contribution in [1.82, 2.24) is 15.3 Å². The minimum atomic E-state index is -0.127. The van der Waals surface area contributed by atoms with E-state index in [1.165, 1.54) is 0 Å². The first-order chi connectivity index (χ1) is 13.7. The number of benzene rings is 1. The molecule has 1 fully saturated rings. The number of hydrogen-bond donors (Lipinski definition) is 2. The molecule has 2 aromatic rings. The zero-order chi connectivity index (χ0) is 19.5. The number of amides is 1. The van der Waals surface area contributed by atoms with Gasteiger partial charge in [-0.3, -0.25) is 4.79 Å². The molecule has 0 saturated carbocycles. The van der Waals surface area contributed by atoms with E-state index < -0.39 is 0 Å². The molecule has 4 rings (SSSR count). The van der Waals surface area contributed by atoms with E-state index in [0.29, 0.717) is 24.6 Å². The number of carbonyl (C=O) groups is 1. The Bertz CT molecular complexity index is 859. The summed E-state index contributed by atoms with van der Waals surface area (Å²) >= 11 is 0. The van der Waals surface area contributed by atoms with Crippen LogP contribution in [0, 0.1) is 0 Å². The lowest BCUT2D eigenvalue weighted by Gasteiger charge is -2.20. The lowest BCUT2D eigenvalue weighted by Crippen LogP contribution is -2.43. The molecule has 8 heteroatoms. The standard InChI is InChI=1S/C20H25N5O3/c1-21-20-22-8-7-18(24-20)25-11-15(17(12-25)27-2)23-19(26)14-5-6-16-13(10-14)4-3-9-28-16/h5-8,10,15,17H,3-4,9,11-12H2,1-2H3,(H,23,26)(H,21,22,24)/t15-,17+/m1/s1. The third kappa shape index (κ3) is 3.73. The molecule has 0 unspecified atom stereocenters. The molecular formula is C20H25N5O3. The van der Waals surface area contributed by atoms with Gasteiger partial charge in [0.2, 0.25) is 5.95 Å². The van der Waals surface area contributed by atoms with Gasteiger partial charge >= 0.3 is 0 Å².